The Labute approximate surface area is 123 Å². The van der Waals surface area contributed by atoms with E-state index in [1.807, 2.05) is 6.92 Å². The van der Waals surface area contributed by atoms with Crippen molar-refractivity contribution in [1.82, 2.24) is 0 Å². The van der Waals surface area contributed by atoms with E-state index in [4.69, 9.17) is 0 Å². The molecule has 2 aromatic carbocycles. The minimum absolute atomic E-state index is 0.0247. The van der Waals surface area contributed by atoms with Crippen LogP contribution < -0.4 is 4.72 Å². The molecule has 0 amide bonds. The van der Waals surface area contributed by atoms with Crippen molar-refractivity contribution >= 4 is 21.5 Å². The number of aromatic hydroxyl groups is 1. The lowest BCUT2D eigenvalue weighted by Crippen LogP contribution is -2.13. The van der Waals surface area contributed by atoms with E-state index in [0.29, 0.717) is 0 Å². The number of para-hydroxylation sites is 1. The number of phenols is 1. The molecule has 0 aliphatic rings. The highest BCUT2D eigenvalue weighted by Crippen LogP contribution is 2.29. The number of aryl methyl sites for hydroxylation is 1. The quantitative estimate of drug-likeness (QED) is 0.672. The molecule has 6 heteroatoms. The molecule has 0 heterocycles. The predicted octanol–water partition coefficient (Wildman–Crippen LogP) is 2.70. The Balaban J connectivity index is 2.39. The summed E-state index contributed by atoms with van der Waals surface area (Å²) in [5, 5.41) is 9.97. The average Bonchev–Trinajstić information content (AvgIpc) is 2.41. The second-order valence-electron chi connectivity index (χ2n) is 4.68. The fourth-order valence-electron chi connectivity index (χ4n) is 1.83. The van der Waals surface area contributed by atoms with Crippen molar-refractivity contribution in [2.75, 3.05) is 4.72 Å². The Bertz CT molecular complexity index is 780. The topological polar surface area (TPSA) is 83.5 Å². The van der Waals surface area contributed by atoms with Crippen molar-refractivity contribution in [2.24, 2.45) is 0 Å². The maximum absolute atomic E-state index is 12.2. The molecule has 0 saturated carbocycles. The van der Waals surface area contributed by atoms with Crippen LogP contribution in [0.15, 0.2) is 47.4 Å². The van der Waals surface area contributed by atoms with Gasteiger partial charge in [-0.15, -0.1) is 0 Å². The summed E-state index contributed by atoms with van der Waals surface area (Å²) in [7, 11) is -3.82. The number of rotatable bonds is 4. The molecule has 110 valence electrons. The molecule has 0 aliphatic carbocycles. The molecule has 0 saturated heterocycles. The van der Waals surface area contributed by atoms with Gasteiger partial charge in [-0.05, 0) is 38.1 Å². The number of phenolic OH excluding ortho intramolecular Hbond substituents is 1. The van der Waals surface area contributed by atoms with Crippen molar-refractivity contribution < 1.29 is 18.3 Å². The second-order valence-corrected chi connectivity index (χ2v) is 6.36. The molecule has 0 radical (unpaired) electrons. The van der Waals surface area contributed by atoms with Crippen molar-refractivity contribution in [3.8, 4) is 5.75 Å². The summed E-state index contributed by atoms with van der Waals surface area (Å²) in [6.45, 7) is 3.15. The van der Waals surface area contributed by atoms with Crippen molar-refractivity contribution in [3.05, 3.63) is 53.6 Å². The maximum Gasteiger partial charge on any atom is 0.262 e. The Morgan fingerprint density at radius 1 is 1.10 bits per heavy atom. The Morgan fingerprint density at radius 2 is 1.71 bits per heavy atom. The molecular weight excluding hydrogens is 290 g/mol. The van der Waals surface area contributed by atoms with E-state index in [-0.39, 0.29) is 27.7 Å². The van der Waals surface area contributed by atoms with Gasteiger partial charge in [-0.1, -0.05) is 23.8 Å². The summed E-state index contributed by atoms with van der Waals surface area (Å²) in [4.78, 5) is 11.4. The SMILES string of the molecule is CC(=O)c1cccc(NS(=O)(=O)c2ccc(C)cc2)c1O. The van der Waals surface area contributed by atoms with Gasteiger partial charge in [-0.25, -0.2) is 8.42 Å². The number of carbonyl (C=O) groups excluding carboxylic acids is 1. The summed E-state index contributed by atoms with van der Waals surface area (Å²) in [6.07, 6.45) is 0. The summed E-state index contributed by atoms with van der Waals surface area (Å²) in [6, 6.07) is 10.6. The number of Topliss-reactive ketones (excluding diaryl/α,β-unsaturated/α-hetero) is 1. The first kappa shape index (κ1) is 15.1. The van der Waals surface area contributed by atoms with Crippen molar-refractivity contribution in [2.45, 2.75) is 18.7 Å². The predicted molar refractivity (Wildman–Crippen MR) is 80.1 cm³/mol. The number of sulfonamides is 1. The van der Waals surface area contributed by atoms with Gasteiger partial charge in [-0.2, -0.15) is 0 Å². The first-order valence-electron chi connectivity index (χ1n) is 6.23. The molecule has 0 aromatic heterocycles. The number of carbonyl (C=O) groups is 1. The van der Waals surface area contributed by atoms with Crippen LogP contribution in [-0.2, 0) is 10.0 Å². The molecule has 2 aromatic rings. The van der Waals surface area contributed by atoms with Crippen molar-refractivity contribution in [3.63, 3.8) is 0 Å². The largest absolute Gasteiger partial charge is 0.505 e. The molecule has 0 unspecified atom stereocenters. The van der Waals surface area contributed by atoms with Gasteiger partial charge in [0.05, 0.1) is 16.1 Å². The number of hydrogen-bond acceptors (Lipinski definition) is 4. The molecule has 2 rings (SSSR count). The molecule has 0 aliphatic heterocycles. The average molecular weight is 305 g/mol. The van der Waals surface area contributed by atoms with Crippen LogP contribution in [0.25, 0.3) is 0 Å². The third kappa shape index (κ3) is 3.22. The minimum atomic E-state index is -3.82. The van der Waals surface area contributed by atoms with Crippen LogP contribution in [-0.4, -0.2) is 19.3 Å². The van der Waals surface area contributed by atoms with Gasteiger partial charge in [0.15, 0.2) is 5.78 Å². The Morgan fingerprint density at radius 3 is 2.29 bits per heavy atom. The van der Waals surface area contributed by atoms with Crippen LogP contribution in [0, 0.1) is 6.92 Å². The van der Waals surface area contributed by atoms with Crippen LogP contribution in [0.2, 0.25) is 0 Å². The summed E-state index contributed by atoms with van der Waals surface area (Å²) >= 11 is 0. The molecule has 21 heavy (non-hydrogen) atoms. The van der Waals surface area contributed by atoms with E-state index < -0.39 is 10.0 Å². The third-order valence-corrected chi connectivity index (χ3v) is 4.37. The highest BCUT2D eigenvalue weighted by Gasteiger charge is 2.18. The standard InChI is InChI=1S/C15H15NO4S/c1-10-6-8-12(9-7-10)21(19,20)16-14-5-3-4-13(11(2)17)15(14)18/h3-9,16,18H,1-2H3. The number of nitrogens with one attached hydrogen (secondary N) is 1. The fraction of sp³-hybridized carbons (Fsp3) is 0.133. The molecule has 0 fully saturated rings. The van der Waals surface area contributed by atoms with Gasteiger partial charge in [0.25, 0.3) is 10.0 Å². The van der Waals surface area contributed by atoms with Crippen LogP contribution in [0.4, 0.5) is 5.69 Å². The molecule has 0 atom stereocenters. The van der Waals surface area contributed by atoms with E-state index >= 15 is 0 Å². The Kier molecular flexibility index (Phi) is 3.99. The van der Waals surface area contributed by atoms with Crippen LogP contribution in [0.3, 0.4) is 0 Å². The maximum atomic E-state index is 12.2. The summed E-state index contributed by atoms with van der Waals surface area (Å²) in [5.74, 6) is -0.718. The third-order valence-electron chi connectivity index (χ3n) is 2.99. The normalized spacial score (nSPS) is 11.1. The van der Waals surface area contributed by atoms with Crippen LogP contribution in [0.5, 0.6) is 5.75 Å². The van der Waals surface area contributed by atoms with E-state index in [0.717, 1.165) is 5.56 Å². The first-order valence-corrected chi connectivity index (χ1v) is 7.72. The van der Waals surface area contributed by atoms with E-state index in [9.17, 15) is 18.3 Å². The minimum Gasteiger partial charge on any atom is -0.505 e. The monoisotopic (exact) mass is 305 g/mol. The zero-order valence-electron chi connectivity index (χ0n) is 11.6. The van der Waals surface area contributed by atoms with Crippen LogP contribution >= 0.6 is 0 Å². The number of anilines is 1. The fourth-order valence-corrected chi connectivity index (χ4v) is 2.90. The molecule has 0 bridgehead atoms. The van der Waals surface area contributed by atoms with Gasteiger partial charge >= 0.3 is 0 Å². The lowest BCUT2D eigenvalue weighted by atomic mass is 10.1. The van der Waals surface area contributed by atoms with Crippen molar-refractivity contribution in [1.29, 1.82) is 0 Å². The number of hydrogen-bond donors (Lipinski definition) is 2. The highest BCUT2D eigenvalue weighted by molar-refractivity contribution is 7.92. The van der Waals surface area contributed by atoms with E-state index in [1.54, 1.807) is 12.1 Å². The van der Waals surface area contributed by atoms with Gasteiger partial charge in [0.1, 0.15) is 5.75 Å². The zero-order chi connectivity index (χ0) is 15.6. The highest BCUT2D eigenvalue weighted by atomic mass is 32.2. The molecule has 0 spiro atoms. The summed E-state index contributed by atoms with van der Waals surface area (Å²) < 4.78 is 26.8. The van der Waals surface area contributed by atoms with Gasteiger partial charge in [0.2, 0.25) is 0 Å². The molecule has 5 nitrogen and oxygen atoms in total. The van der Waals surface area contributed by atoms with Gasteiger partial charge < -0.3 is 5.11 Å². The van der Waals surface area contributed by atoms with E-state index in [2.05, 4.69) is 4.72 Å². The van der Waals surface area contributed by atoms with Gasteiger partial charge in [-0.3, -0.25) is 9.52 Å². The van der Waals surface area contributed by atoms with Crippen LogP contribution in [0.1, 0.15) is 22.8 Å². The smallest absolute Gasteiger partial charge is 0.262 e. The Hall–Kier alpha value is -2.34. The summed E-state index contributed by atoms with van der Waals surface area (Å²) in [5.41, 5.74) is 0.984. The number of benzene rings is 2. The first-order chi connectivity index (χ1) is 9.81. The van der Waals surface area contributed by atoms with Gasteiger partial charge in [0, 0.05) is 0 Å². The molecular formula is C15H15NO4S. The molecule has 2 N–H and O–H groups in total. The lowest BCUT2D eigenvalue weighted by molar-refractivity contribution is 0.101. The van der Waals surface area contributed by atoms with E-state index in [1.165, 1.54) is 37.3 Å². The zero-order valence-corrected chi connectivity index (χ0v) is 12.4. The number of ketones is 1. The second kappa shape index (κ2) is 5.57. The lowest BCUT2D eigenvalue weighted by Gasteiger charge is -2.11.